The Hall–Kier alpha value is -2.30. The van der Waals surface area contributed by atoms with Gasteiger partial charge in [-0.3, -0.25) is 9.69 Å². The zero-order chi connectivity index (χ0) is 23.8. The van der Waals surface area contributed by atoms with Gasteiger partial charge in [0.25, 0.3) is 0 Å². The first-order valence-electron chi connectivity index (χ1n) is 11.0. The van der Waals surface area contributed by atoms with E-state index in [-0.39, 0.29) is 24.2 Å². The van der Waals surface area contributed by atoms with Gasteiger partial charge in [-0.25, -0.2) is 4.98 Å². The average Bonchev–Trinajstić information content (AvgIpc) is 3.24. The van der Waals surface area contributed by atoms with Crippen LogP contribution in [0.3, 0.4) is 0 Å². The molecule has 178 valence electrons. The Labute approximate surface area is 194 Å². The summed E-state index contributed by atoms with van der Waals surface area (Å²) in [6.07, 6.45) is -2.37. The molecule has 4 atom stereocenters. The summed E-state index contributed by atoms with van der Waals surface area (Å²) in [5.74, 6) is -0.0624. The molecule has 1 fully saturated rings. The van der Waals surface area contributed by atoms with Crippen LogP contribution in [0.2, 0.25) is 0 Å². The molecule has 0 aliphatic carbocycles. The molecule has 2 unspecified atom stereocenters. The van der Waals surface area contributed by atoms with Crippen molar-refractivity contribution >= 4 is 23.5 Å². The molecule has 2 aliphatic heterocycles. The highest BCUT2D eigenvalue weighted by molar-refractivity contribution is 7.09. The quantitative estimate of drug-likeness (QED) is 0.621. The summed E-state index contributed by atoms with van der Waals surface area (Å²) in [5, 5.41) is 2.83. The van der Waals surface area contributed by atoms with Crippen molar-refractivity contribution in [2.45, 2.75) is 50.5 Å². The molecule has 0 bridgehead atoms. The van der Waals surface area contributed by atoms with Crippen LogP contribution in [0.25, 0.3) is 0 Å². The minimum atomic E-state index is -4.47. The predicted molar refractivity (Wildman–Crippen MR) is 118 cm³/mol. The van der Waals surface area contributed by atoms with Gasteiger partial charge in [-0.2, -0.15) is 13.2 Å². The van der Waals surface area contributed by atoms with Crippen molar-refractivity contribution in [3.63, 3.8) is 0 Å². The van der Waals surface area contributed by atoms with E-state index in [0.717, 1.165) is 30.5 Å². The lowest BCUT2D eigenvalue weighted by molar-refractivity contribution is -0.137. The summed E-state index contributed by atoms with van der Waals surface area (Å²) in [6.45, 7) is 3.56. The molecular formula is C23H27F3N4O2S. The van der Waals surface area contributed by atoms with E-state index in [0.29, 0.717) is 31.6 Å². The van der Waals surface area contributed by atoms with Gasteiger partial charge >= 0.3 is 6.18 Å². The summed E-state index contributed by atoms with van der Waals surface area (Å²) in [4.78, 5) is 32.1. The number of carbonyl (C=O) groups excluding carboxylic acids is 2. The number of carbonyl (C=O) groups is 2. The zero-order valence-electron chi connectivity index (χ0n) is 18.3. The second-order valence-electron chi connectivity index (χ2n) is 9.09. The number of aldehydes is 1. The Morgan fingerprint density at radius 1 is 1.30 bits per heavy atom. The van der Waals surface area contributed by atoms with Crippen LogP contribution in [0.15, 0.2) is 29.8 Å². The molecular weight excluding hydrogens is 453 g/mol. The monoisotopic (exact) mass is 480 g/mol. The predicted octanol–water partition coefficient (Wildman–Crippen LogP) is 3.10. The van der Waals surface area contributed by atoms with Gasteiger partial charge in [0.15, 0.2) is 0 Å². The van der Waals surface area contributed by atoms with Crippen molar-refractivity contribution in [2.75, 3.05) is 13.1 Å². The smallest absolute Gasteiger partial charge is 0.356 e. The minimum Gasteiger partial charge on any atom is -0.356 e. The number of alkyl halides is 3. The summed E-state index contributed by atoms with van der Waals surface area (Å²) < 4.78 is 39.5. The number of piperidine rings is 1. The Kier molecular flexibility index (Phi) is 6.61. The maximum atomic E-state index is 13.2. The van der Waals surface area contributed by atoms with Gasteiger partial charge in [-0.1, -0.05) is 19.1 Å². The van der Waals surface area contributed by atoms with Crippen molar-refractivity contribution in [3.05, 3.63) is 51.5 Å². The van der Waals surface area contributed by atoms with Crippen LogP contribution in [0.4, 0.5) is 13.2 Å². The van der Waals surface area contributed by atoms with Crippen LogP contribution in [0.1, 0.15) is 41.5 Å². The Balaban J connectivity index is 1.71. The third-order valence-corrected chi connectivity index (χ3v) is 7.91. The number of hydrogen-bond acceptors (Lipinski definition) is 6. The Morgan fingerprint density at radius 2 is 2.00 bits per heavy atom. The van der Waals surface area contributed by atoms with E-state index in [4.69, 9.17) is 5.73 Å². The highest BCUT2D eigenvalue weighted by Gasteiger charge is 2.45. The van der Waals surface area contributed by atoms with E-state index in [9.17, 15) is 22.8 Å². The molecule has 2 aromatic rings. The first-order valence-corrected chi connectivity index (χ1v) is 11.8. The normalized spacial score (nSPS) is 24.5. The zero-order valence-corrected chi connectivity index (χ0v) is 19.1. The molecule has 3 N–H and O–H groups in total. The topological polar surface area (TPSA) is 88.3 Å². The van der Waals surface area contributed by atoms with E-state index in [2.05, 4.69) is 10.3 Å². The summed E-state index contributed by atoms with van der Waals surface area (Å²) >= 11 is 1.58. The molecule has 0 radical (unpaired) electrons. The largest absolute Gasteiger partial charge is 0.416 e. The number of benzene rings is 1. The second-order valence-corrected chi connectivity index (χ2v) is 10.0. The van der Waals surface area contributed by atoms with Gasteiger partial charge < -0.3 is 15.8 Å². The van der Waals surface area contributed by atoms with Crippen LogP contribution in [-0.4, -0.2) is 41.2 Å². The van der Waals surface area contributed by atoms with Gasteiger partial charge in [-0.15, -0.1) is 11.3 Å². The number of nitrogens with two attached hydrogens (primary N) is 1. The number of thiazole rings is 1. The van der Waals surface area contributed by atoms with Gasteiger partial charge in [0.05, 0.1) is 28.3 Å². The van der Waals surface area contributed by atoms with Crippen molar-refractivity contribution in [1.29, 1.82) is 0 Å². The van der Waals surface area contributed by atoms with Gasteiger partial charge in [-0.05, 0) is 42.4 Å². The Bertz CT molecular complexity index is 1010. The van der Waals surface area contributed by atoms with Crippen LogP contribution in [-0.2, 0) is 34.3 Å². The lowest BCUT2D eigenvalue weighted by Gasteiger charge is -2.45. The van der Waals surface area contributed by atoms with Gasteiger partial charge in [0.1, 0.15) is 6.29 Å². The number of amides is 1. The number of aromatic nitrogens is 1. The molecule has 1 saturated heterocycles. The molecule has 10 heteroatoms. The standard InChI is InChI=1S/C23H27F3N4O2S/c1-14-10-28-21(32)8-15(14)9-22(27,16-2-4-17(5-3-16)23(24,25)26)20(12-31)30-7-6-19-18(11-30)29-13-33-19/h2-5,12-15,20H,6-11,27H2,1H3,(H,28,32)/t14-,15?,20?,22-/m0/s1. The van der Waals surface area contributed by atoms with E-state index < -0.39 is 23.3 Å². The van der Waals surface area contributed by atoms with Crippen LogP contribution >= 0.6 is 11.3 Å². The van der Waals surface area contributed by atoms with Gasteiger partial charge in [0.2, 0.25) is 5.91 Å². The first kappa shape index (κ1) is 23.8. The van der Waals surface area contributed by atoms with Gasteiger partial charge in [0, 0.05) is 30.9 Å². The number of halogens is 3. The lowest BCUT2D eigenvalue weighted by atomic mass is 9.71. The number of fused-ring (bicyclic) bond motifs is 1. The summed E-state index contributed by atoms with van der Waals surface area (Å²) in [5.41, 5.74) is 8.09. The minimum absolute atomic E-state index is 0.0828. The van der Waals surface area contributed by atoms with Crippen molar-refractivity contribution in [3.8, 4) is 0 Å². The molecule has 0 spiro atoms. The third-order valence-electron chi connectivity index (χ3n) is 6.98. The molecule has 1 amide bonds. The average molecular weight is 481 g/mol. The fourth-order valence-corrected chi connectivity index (χ4v) is 5.72. The van der Waals surface area contributed by atoms with E-state index >= 15 is 0 Å². The second kappa shape index (κ2) is 9.15. The molecule has 3 heterocycles. The van der Waals surface area contributed by atoms with Crippen LogP contribution in [0, 0.1) is 11.8 Å². The van der Waals surface area contributed by atoms with E-state index in [1.165, 1.54) is 17.0 Å². The van der Waals surface area contributed by atoms with E-state index in [1.807, 2.05) is 11.8 Å². The number of rotatable bonds is 6. The molecule has 1 aromatic heterocycles. The number of nitrogens with one attached hydrogen (secondary N) is 1. The fourth-order valence-electron chi connectivity index (χ4n) is 4.95. The molecule has 2 aliphatic rings. The van der Waals surface area contributed by atoms with Crippen LogP contribution < -0.4 is 11.1 Å². The van der Waals surface area contributed by atoms with E-state index in [1.54, 1.807) is 16.8 Å². The van der Waals surface area contributed by atoms with Crippen molar-refractivity contribution in [2.24, 2.45) is 17.6 Å². The van der Waals surface area contributed by atoms with Crippen LogP contribution in [0.5, 0.6) is 0 Å². The number of nitrogens with zero attached hydrogens (tertiary/aromatic N) is 2. The SMILES string of the molecule is C[C@H]1CNC(=O)CC1C[C@](N)(c1ccc(C(F)(F)F)cc1)C(C=O)N1CCc2scnc2C1. The molecule has 1 aromatic carbocycles. The highest BCUT2D eigenvalue weighted by atomic mass is 32.1. The molecule has 6 nitrogen and oxygen atoms in total. The lowest BCUT2D eigenvalue weighted by Crippen LogP contribution is -2.59. The molecule has 33 heavy (non-hydrogen) atoms. The van der Waals surface area contributed by atoms with Crippen molar-refractivity contribution in [1.82, 2.24) is 15.2 Å². The molecule has 0 saturated carbocycles. The van der Waals surface area contributed by atoms with Crippen molar-refractivity contribution < 1.29 is 22.8 Å². The summed E-state index contributed by atoms with van der Waals surface area (Å²) in [7, 11) is 0. The summed E-state index contributed by atoms with van der Waals surface area (Å²) in [6, 6.07) is 3.96. The first-order chi connectivity index (χ1) is 15.6. The molecule has 4 rings (SSSR count). The number of hydrogen-bond donors (Lipinski definition) is 2. The maximum Gasteiger partial charge on any atom is 0.416 e. The fraction of sp³-hybridized carbons (Fsp3) is 0.522. The Morgan fingerprint density at radius 3 is 2.67 bits per heavy atom. The highest BCUT2D eigenvalue weighted by Crippen LogP contribution is 2.39. The third kappa shape index (κ3) is 4.83. The maximum absolute atomic E-state index is 13.2.